The van der Waals surface area contributed by atoms with Crippen molar-refractivity contribution in [1.82, 2.24) is 0 Å². The van der Waals surface area contributed by atoms with E-state index >= 15 is 0 Å². The van der Waals surface area contributed by atoms with Gasteiger partial charge in [-0.25, -0.2) is 9.59 Å². The maximum absolute atomic E-state index is 10.7. The van der Waals surface area contributed by atoms with E-state index in [1.165, 1.54) is 5.94 Å². The molecule has 0 aliphatic carbocycles. The molecule has 1 aromatic rings. The quantitative estimate of drug-likeness (QED) is 0.810. The van der Waals surface area contributed by atoms with Gasteiger partial charge in [0.25, 0.3) is 0 Å². The zero-order valence-corrected chi connectivity index (χ0v) is 11.0. The third kappa shape index (κ3) is 4.73. The number of hydrogen-bond donors (Lipinski definition) is 1. The van der Waals surface area contributed by atoms with Gasteiger partial charge in [0.05, 0.1) is 12.7 Å². The molecule has 0 saturated heterocycles. The Balaban J connectivity index is 0.00000289. The van der Waals surface area contributed by atoms with Gasteiger partial charge in [0.15, 0.2) is 0 Å². The second kappa shape index (κ2) is 8.50. The van der Waals surface area contributed by atoms with Gasteiger partial charge in [-0.1, -0.05) is 12.1 Å². The summed E-state index contributed by atoms with van der Waals surface area (Å²) in [5.41, 5.74) is 0.918. The Labute approximate surface area is 116 Å². The van der Waals surface area contributed by atoms with Crippen LogP contribution in [0.15, 0.2) is 35.9 Å². The molecule has 0 radical (unpaired) electrons. The zero-order chi connectivity index (χ0) is 12.7. The molecule has 0 aliphatic rings. The van der Waals surface area contributed by atoms with Crippen molar-refractivity contribution in [3.05, 3.63) is 41.5 Å². The summed E-state index contributed by atoms with van der Waals surface area (Å²) in [5.74, 6) is 3.79. The maximum Gasteiger partial charge on any atom is 0.126 e. The fraction of sp³-hybridized carbons (Fsp3) is 0.231. The molecular formula is C13H12CrO4. The van der Waals surface area contributed by atoms with Crippen LogP contribution in [0.1, 0.15) is 5.56 Å². The van der Waals surface area contributed by atoms with Crippen molar-refractivity contribution in [3.63, 3.8) is 0 Å². The second-order valence-electron chi connectivity index (χ2n) is 3.38. The van der Waals surface area contributed by atoms with Gasteiger partial charge < -0.3 is 9.84 Å². The fourth-order valence-electron chi connectivity index (χ4n) is 1.33. The van der Waals surface area contributed by atoms with Crippen molar-refractivity contribution in [2.75, 3.05) is 7.11 Å². The summed E-state index contributed by atoms with van der Waals surface area (Å²) in [6.07, 6.45) is -0.122. The first-order chi connectivity index (χ1) is 8.21. The summed E-state index contributed by atoms with van der Waals surface area (Å²) < 4.78 is 5.00. The Morgan fingerprint density at radius 2 is 2.00 bits per heavy atom. The molecule has 1 atom stereocenters. The first kappa shape index (κ1) is 16.4. The molecule has 0 spiro atoms. The van der Waals surface area contributed by atoms with Crippen LogP contribution in [0.4, 0.5) is 0 Å². The summed E-state index contributed by atoms with van der Waals surface area (Å²) in [6, 6.07) is 7.04. The topological polar surface area (TPSA) is 63.6 Å². The number of hydrogen-bond acceptors (Lipinski definition) is 4. The Hall–Kier alpha value is -1.59. The third-order valence-electron chi connectivity index (χ3n) is 2.27. The number of rotatable bonds is 5. The number of aliphatic hydroxyl groups is 1. The predicted molar refractivity (Wildman–Crippen MR) is 62.2 cm³/mol. The predicted octanol–water partition coefficient (Wildman–Crippen LogP) is 0.742. The van der Waals surface area contributed by atoms with Gasteiger partial charge in [0.2, 0.25) is 0 Å². The maximum atomic E-state index is 10.7. The SMILES string of the molecule is COc1ccc(CC(=C=O)C(O)C=C=O)cc1.[Cr]. The molecule has 1 aromatic carbocycles. The van der Waals surface area contributed by atoms with Crippen LogP contribution >= 0.6 is 0 Å². The number of aliphatic hydroxyl groups excluding tert-OH is 1. The van der Waals surface area contributed by atoms with Crippen molar-refractivity contribution >= 4 is 11.9 Å². The van der Waals surface area contributed by atoms with Gasteiger partial charge in [-0.3, -0.25) is 0 Å². The van der Waals surface area contributed by atoms with Gasteiger partial charge in [-0.15, -0.1) is 0 Å². The Kier molecular flexibility index (Phi) is 7.75. The minimum atomic E-state index is -1.23. The molecule has 94 valence electrons. The van der Waals surface area contributed by atoms with E-state index < -0.39 is 6.10 Å². The number of methoxy groups -OCH3 is 1. The van der Waals surface area contributed by atoms with E-state index in [2.05, 4.69) is 0 Å². The van der Waals surface area contributed by atoms with Gasteiger partial charge >= 0.3 is 0 Å². The van der Waals surface area contributed by atoms with Crippen molar-refractivity contribution in [2.24, 2.45) is 0 Å². The molecule has 0 heterocycles. The molecule has 4 nitrogen and oxygen atoms in total. The van der Waals surface area contributed by atoms with Crippen LogP contribution in [-0.2, 0) is 33.4 Å². The number of benzene rings is 1. The standard InChI is InChI=1S/C13H12O4.Cr/c1-17-12-4-2-10(3-5-12)8-11(9-15)13(16)6-7-14;/h2-6,13,16H,8H2,1H3;. The van der Waals surface area contributed by atoms with E-state index in [9.17, 15) is 14.7 Å². The molecule has 0 fully saturated rings. The average Bonchev–Trinajstić information content (AvgIpc) is 2.37. The molecule has 0 aromatic heterocycles. The minimum Gasteiger partial charge on any atom is -0.497 e. The van der Waals surface area contributed by atoms with Gasteiger partial charge in [-0.2, -0.15) is 0 Å². The number of ether oxygens (including phenoxy) is 1. The molecule has 5 heteroatoms. The van der Waals surface area contributed by atoms with Gasteiger partial charge in [0.1, 0.15) is 23.7 Å². The van der Waals surface area contributed by atoms with Crippen molar-refractivity contribution in [1.29, 1.82) is 0 Å². The summed E-state index contributed by atoms with van der Waals surface area (Å²) in [4.78, 5) is 20.7. The van der Waals surface area contributed by atoms with Gasteiger partial charge in [-0.05, 0) is 17.7 Å². The van der Waals surface area contributed by atoms with Gasteiger partial charge in [0, 0.05) is 29.9 Å². The summed E-state index contributed by atoms with van der Waals surface area (Å²) in [7, 11) is 1.56. The van der Waals surface area contributed by atoms with E-state index in [1.807, 2.05) is 0 Å². The van der Waals surface area contributed by atoms with Crippen LogP contribution in [0, 0.1) is 0 Å². The molecule has 18 heavy (non-hydrogen) atoms. The van der Waals surface area contributed by atoms with Crippen LogP contribution in [0.25, 0.3) is 0 Å². The third-order valence-corrected chi connectivity index (χ3v) is 2.27. The largest absolute Gasteiger partial charge is 0.497 e. The first-order valence-electron chi connectivity index (χ1n) is 4.97. The molecule has 1 N–H and O–H groups in total. The molecule has 1 unspecified atom stereocenters. The molecule has 0 amide bonds. The van der Waals surface area contributed by atoms with E-state index in [0.29, 0.717) is 5.75 Å². The Morgan fingerprint density at radius 1 is 1.39 bits per heavy atom. The molecule has 0 bridgehead atoms. The van der Waals surface area contributed by atoms with Crippen LogP contribution in [0.2, 0.25) is 0 Å². The van der Waals surface area contributed by atoms with Crippen LogP contribution in [-0.4, -0.2) is 30.2 Å². The first-order valence-corrected chi connectivity index (χ1v) is 4.97. The summed E-state index contributed by atoms with van der Waals surface area (Å²) in [6.45, 7) is 0. The zero-order valence-electron chi connectivity index (χ0n) is 9.75. The summed E-state index contributed by atoms with van der Waals surface area (Å²) >= 11 is 0. The van der Waals surface area contributed by atoms with E-state index in [0.717, 1.165) is 11.6 Å². The molecular weight excluding hydrogens is 272 g/mol. The van der Waals surface area contributed by atoms with E-state index in [1.54, 1.807) is 37.3 Å². The average molecular weight is 284 g/mol. The molecule has 1 rings (SSSR count). The monoisotopic (exact) mass is 284 g/mol. The fourth-order valence-corrected chi connectivity index (χ4v) is 1.33. The Bertz CT molecular complexity index is 468. The van der Waals surface area contributed by atoms with Crippen molar-refractivity contribution in [3.8, 4) is 5.75 Å². The Morgan fingerprint density at radius 3 is 2.44 bits per heavy atom. The minimum absolute atomic E-state index is 0. The summed E-state index contributed by atoms with van der Waals surface area (Å²) in [5, 5.41) is 9.43. The second-order valence-corrected chi connectivity index (χ2v) is 3.38. The van der Waals surface area contributed by atoms with Crippen LogP contribution in [0.3, 0.4) is 0 Å². The van der Waals surface area contributed by atoms with E-state index in [-0.39, 0.29) is 29.4 Å². The molecule has 0 saturated carbocycles. The van der Waals surface area contributed by atoms with Crippen molar-refractivity contribution < 1.29 is 36.8 Å². The van der Waals surface area contributed by atoms with Crippen LogP contribution < -0.4 is 4.74 Å². The smallest absolute Gasteiger partial charge is 0.126 e. The van der Waals surface area contributed by atoms with E-state index in [4.69, 9.17) is 4.74 Å². The van der Waals surface area contributed by atoms with Crippen LogP contribution in [0.5, 0.6) is 5.75 Å². The normalized spacial score (nSPS) is 10.3. The number of carbonyl (C=O) groups excluding carboxylic acids is 2. The van der Waals surface area contributed by atoms with Crippen molar-refractivity contribution in [2.45, 2.75) is 12.5 Å². The molecule has 0 aliphatic heterocycles.